The van der Waals surface area contributed by atoms with E-state index < -0.39 is 58.7 Å². The molecule has 0 radical (unpaired) electrons. The maximum Gasteiger partial charge on any atom is 0.313 e. The van der Waals surface area contributed by atoms with Crippen molar-refractivity contribution >= 4 is 17.6 Å². The number of hydrogen-bond donors (Lipinski definition) is 1. The molecule has 7 nitrogen and oxygen atoms in total. The molecular weight excluding hydrogens is 405 g/mol. The first-order valence-corrected chi connectivity index (χ1v) is 8.05. The van der Waals surface area contributed by atoms with Gasteiger partial charge in [0.2, 0.25) is 29.1 Å². The van der Waals surface area contributed by atoms with Gasteiger partial charge in [-0.2, -0.15) is 13.9 Å². The first kappa shape index (κ1) is 22.1. The molecule has 0 unspecified atom stereocenters. The first-order chi connectivity index (χ1) is 13.4. The number of benzene rings is 1. The number of nitrogens with one attached hydrogen (secondary N) is 1. The summed E-state index contributed by atoms with van der Waals surface area (Å²) in [5, 5.41) is 6.06. The van der Waals surface area contributed by atoms with Crippen molar-refractivity contribution in [1.29, 1.82) is 0 Å². The fraction of sp³-hybridized carbons (Fsp3) is 0.353. The number of ether oxygens (including phenoxy) is 2. The van der Waals surface area contributed by atoms with Crippen LogP contribution in [0, 0.1) is 34.5 Å². The Morgan fingerprint density at radius 1 is 1.03 bits per heavy atom. The van der Waals surface area contributed by atoms with Crippen molar-refractivity contribution in [3.05, 3.63) is 41.5 Å². The van der Waals surface area contributed by atoms with Crippen LogP contribution in [0.4, 0.5) is 27.6 Å². The number of anilines is 1. The second kappa shape index (κ2) is 8.45. The lowest BCUT2D eigenvalue weighted by Gasteiger charge is -2.16. The van der Waals surface area contributed by atoms with E-state index in [-0.39, 0.29) is 12.4 Å². The molecule has 0 bridgehead atoms. The summed E-state index contributed by atoms with van der Waals surface area (Å²) in [6.07, 6.45) is 2.47. The molecule has 0 aliphatic rings. The third-order valence-corrected chi connectivity index (χ3v) is 3.37. The average Bonchev–Trinajstić information content (AvgIpc) is 3.09. The fourth-order valence-electron chi connectivity index (χ4n) is 1.89. The predicted octanol–water partition coefficient (Wildman–Crippen LogP) is 3.14. The Labute approximate surface area is 161 Å². The number of hydrogen-bond acceptors (Lipinski definition) is 5. The SMILES string of the molecule is CC(C)(C)C(=O)OCn1cc(NC(=O)COc2c(F)c(F)c(F)c(F)c2F)cn1. The molecule has 0 saturated carbocycles. The molecule has 0 atom stereocenters. The molecule has 1 N–H and O–H groups in total. The van der Waals surface area contributed by atoms with Crippen molar-refractivity contribution in [1.82, 2.24) is 9.78 Å². The van der Waals surface area contributed by atoms with Gasteiger partial charge in [0.1, 0.15) is 0 Å². The maximum atomic E-state index is 13.5. The van der Waals surface area contributed by atoms with Gasteiger partial charge in [-0.3, -0.25) is 9.59 Å². The minimum Gasteiger partial charge on any atom is -0.477 e. The van der Waals surface area contributed by atoms with E-state index in [0.717, 1.165) is 0 Å². The number of halogens is 5. The molecule has 1 amide bonds. The highest BCUT2D eigenvalue weighted by Gasteiger charge is 2.27. The molecule has 0 spiro atoms. The minimum absolute atomic E-state index is 0.114. The maximum absolute atomic E-state index is 13.5. The highest BCUT2D eigenvalue weighted by molar-refractivity contribution is 5.91. The van der Waals surface area contributed by atoms with Crippen molar-refractivity contribution < 1.29 is 41.0 Å². The standard InChI is InChI=1S/C17H16F5N3O4/c1-17(2,3)16(27)29-7-25-5-8(4-23-25)24-9(26)6-28-15-13(21)11(19)10(18)12(20)14(15)22/h4-5H,6-7H2,1-3H3,(H,24,26). The van der Waals surface area contributed by atoms with Crippen LogP contribution in [0.25, 0.3) is 0 Å². The van der Waals surface area contributed by atoms with E-state index in [2.05, 4.69) is 15.2 Å². The second-order valence-corrected chi connectivity index (χ2v) is 6.82. The molecule has 0 saturated heterocycles. The molecule has 2 rings (SSSR count). The zero-order valence-electron chi connectivity index (χ0n) is 15.5. The van der Waals surface area contributed by atoms with Gasteiger partial charge in [0.25, 0.3) is 5.91 Å². The number of nitrogens with zero attached hydrogens (tertiary/aromatic N) is 2. The number of carbonyl (C=O) groups is 2. The van der Waals surface area contributed by atoms with Gasteiger partial charge >= 0.3 is 5.97 Å². The summed E-state index contributed by atoms with van der Waals surface area (Å²) >= 11 is 0. The van der Waals surface area contributed by atoms with E-state index in [1.807, 2.05) is 0 Å². The highest BCUT2D eigenvalue weighted by Crippen LogP contribution is 2.29. The zero-order valence-corrected chi connectivity index (χ0v) is 15.5. The zero-order chi connectivity index (χ0) is 21.9. The van der Waals surface area contributed by atoms with Crippen LogP contribution in [0.1, 0.15) is 20.8 Å². The van der Waals surface area contributed by atoms with Crippen LogP contribution in [0.2, 0.25) is 0 Å². The topological polar surface area (TPSA) is 82.5 Å². The lowest BCUT2D eigenvalue weighted by molar-refractivity contribution is -0.157. The Kier molecular flexibility index (Phi) is 6.44. The number of amides is 1. The Morgan fingerprint density at radius 3 is 2.14 bits per heavy atom. The molecule has 0 aliphatic heterocycles. The van der Waals surface area contributed by atoms with Crippen molar-refractivity contribution in [3.63, 3.8) is 0 Å². The van der Waals surface area contributed by atoms with Gasteiger partial charge in [-0.05, 0) is 20.8 Å². The van der Waals surface area contributed by atoms with E-state index >= 15 is 0 Å². The molecule has 1 aromatic carbocycles. The number of esters is 1. The van der Waals surface area contributed by atoms with Gasteiger partial charge in [-0.15, -0.1) is 0 Å². The molecule has 158 valence electrons. The van der Waals surface area contributed by atoms with E-state index in [1.54, 1.807) is 20.8 Å². The average molecular weight is 421 g/mol. The van der Waals surface area contributed by atoms with Crippen molar-refractivity contribution in [2.75, 3.05) is 11.9 Å². The number of carbonyl (C=O) groups excluding carboxylic acids is 2. The Balaban J connectivity index is 1.95. The summed E-state index contributed by atoms with van der Waals surface area (Å²) < 4.78 is 76.7. The largest absolute Gasteiger partial charge is 0.477 e. The molecule has 2 aromatic rings. The van der Waals surface area contributed by atoms with Gasteiger partial charge in [0.15, 0.2) is 19.1 Å². The van der Waals surface area contributed by atoms with Crippen LogP contribution in [-0.4, -0.2) is 28.3 Å². The Hall–Kier alpha value is -3.18. The van der Waals surface area contributed by atoms with Crippen molar-refractivity contribution in [3.8, 4) is 5.75 Å². The quantitative estimate of drug-likeness (QED) is 0.335. The van der Waals surface area contributed by atoms with Gasteiger partial charge in [-0.1, -0.05) is 0 Å². The lowest BCUT2D eigenvalue weighted by atomic mass is 9.98. The van der Waals surface area contributed by atoms with Gasteiger partial charge in [0, 0.05) is 0 Å². The van der Waals surface area contributed by atoms with E-state index in [4.69, 9.17) is 4.74 Å². The van der Waals surface area contributed by atoms with Crippen molar-refractivity contribution in [2.24, 2.45) is 5.41 Å². The van der Waals surface area contributed by atoms with Gasteiger partial charge in [-0.25, -0.2) is 17.9 Å². The normalized spacial score (nSPS) is 11.3. The summed E-state index contributed by atoms with van der Waals surface area (Å²) in [5.74, 6) is -14.1. The van der Waals surface area contributed by atoms with Crippen LogP contribution in [0.5, 0.6) is 5.75 Å². The van der Waals surface area contributed by atoms with Crippen LogP contribution in [0.15, 0.2) is 12.4 Å². The molecule has 1 heterocycles. The molecule has 0 fully saturated rings. The fourth-order valence-corrected chi connectivity index (χ4v) is 1.89. The lowest BCUT2D eigenvalue weighted by Crippen LogP contribution is -2.24. The van der Waals surface area contributed by atoms with Crippen LogP contribution >= 0.6 is 0 Å². The highest BCUT2D eigenvalue weighted by atomic mass is 19.2. The first-order valence-electron chi connectivity index (χ1n) is 8.05. The molecule has 0 aliphatic carbocycles. The van der Waals surface area contributed by atoms with Crippen LogP contribution in [0.3, 0.4) is 0 Å². The summed E-state index contributed by atoms with van der Waals surface area (Å²) in [5.41, 5.74) is -0.603. The number of aromatic nitrogens is 2. The van der Waals surface area contributed by atoms with Gasteiger partial charge in [0.05, 0.1) is 23.5 Å². The van der Waals surface area contributed by atoms with Crippen LogP contribution in [-0.2, 0) is 21.1 Å². The van der Waals surface area contributed by atoms with Crippen LogP contribution < -0.4 is 10.1 Å². The van der Waals surface area contributed by atoms with Crippen molar-refractivity contribution in [2.45, 2.75) is 27.5 Å². The number of rotatable bonds is 6. The second-order valence-electron chi connectivity index (χ2n) is 6.82. The summed E-state index contributed by atoms with van der Waals surface area (Å²) in [6.45, 7) is 3.72. The van der Waals surface area contributed by atoms with Gasteiger partial charge < -0.3 is 14.8 Å². The smallest absolute Gasteiger partial charge is 0.313 e. The molecule has 1 aromatic heterocycles. The summed E-state index contributed by atoms with van der Waals surface area (Å²) in [6, 6.07) is 0. The Morgan fingerprint density at radius 2 is 1.59 bits per heavy atom. The summed E-state index contributed by atoms with van der Waals surface area (Å²) in [7, 11) is 0. The minimum atomic E-state index is -2.34. The van der Waals surface area contributed by atoms with E-state index in [1.165, 1.54) is 17.1 Å². The summed E-state index contributed by atoms with van der Waals surface area (Å²) in [4.78, 5) is 23.5. The third-order valence-electron chi connectivity index (χ3n) is 3.37. The molecule has 29 heavy (non-hydrogen) atoms. The predicted molar refractivity (Wildman–Crippen MR) is 88.1 cm³/mol. The van der Waals surface area contributed by atoms with E-state index in [9.17, 15) is 31.5 Å². The third kappa shape index (κ3) is 5.21. The van der Waals surface area contributed by atoms with E-state index in [0.29, 0.717) is 0 Å². The Bertz CT molecular complexity index is 911. The monoisotopic (exact) mass is 421 g/mol. The molecular formula is C17H16F5N3O4. The molecule has 12 heteroatoms.